The molecule has 1 aromatic heterocycles. The molecule has 9 heteroatoms. The third kappa shape index (κ3) is 3.21. The first-order valence-electron chi connectivity index (χ1n) is 5.75. The van der Waals surface area contributed by atoms with Crippen LogP contribution in [0.25, 0.3) is 0 Å². The lowest BCUT2D eigenvalue weighted by molar-refractivity contribution is -0.394. The first kappa shape index (κ1) is 14.2. The summed E-state index contributed by atoms with van der Waals surface area (Å²) in [6, 6.07) is 5.52. The highest BCUT2D eigenvalue weighted by molar-refractivity contribution is 5.77. The summed E-state index contributed by atoms with van der Waals surface area (Å²) >= 11 is 0. The van der Waals surface area contributed by atoms with Gasteiger partial charge in [0, 0.05) is 5.56 Å². The van der Waals surface area contributed by atoms with Crippen LogP contribution in [0.1, 0.15) is 11.3 Å². The molecule has 0 amide bonds. The Hall–Kier alpha value is -3.23. The van der Waals surface area contributed by atoms with Crippen molar-refractivity contribution in [2.24, 2.45) is 5.10 Å². The minimum atomic E-state index is -0.711. The van der Waals surface area contributed by atoms with Crippen LogP contribution in [0, 0.1) is 27.2 Å². The average molecular weight is 290 g/mol. The number of rotatable bonds is 5. The summed E-state index contributed by atoms with van der Waals surface area (Å²) in [6.45, 7) is 1.49. The van der Waals surface area contributed by atoms with Crippen molar-refractivity contribution in [3.05, 3.63) is 62.1 Å². The number of anilines is 1. The van der Waals surface area contributed by atoms with E-state index in [9.17, 15) is 20.2 Å². The molecule has 0 unspecified atom stereocenters. The van der Waals surface area contributed by atoms with E-state index in [-0.39, 0.29) is 11.4 Å². The van der Waals surface area contributed by atoms with E-state index in [1.807, 2.05) is 0 Å². The third-order valence-corrected chi connectivity index (χ3v) is 2.63. The minimum absolute atomic E-state index is 0.0610. The second-order valence-corrected chi connectivity index (χ2v) is 4.06. The molecule has 0 aliphatic carbocycles. The van der Waals surface area contributed by atoms with E-state index in [0.717, 1.165) is 6.07 Å². The van der Waals surface area contributed by atoms with Crippen LogP contribution in [0.2, 0.25) is 0 Å². The van der Waals surface area contributed by atoms with Gasteiger partial charge in [-0.3, -0.25) is 25.7 Å². The van der Waals surface area contributed by atoms with Gasteiger partial charge < -0.3 is 4.42 Å². The number of nitro groups is 2. The summed E-state index contributed by atoms with van der Waals surface area (Å²) in [4.78, 5) is 20.4. The van der Waals surface area contributed by atoms with Crippen LogP contribution in [0.4, 0.5) is 17.1 Å². The van der Waals surface area contributed by atoms with Gasteiger partial charge in [0.15, 0.2) is 0 Å². The lowest BCUT2D eigenvalue weighted by Gasteiger charge is -2.04. The third-order valence-electron chi connectivity index (χ3n) is 2.63. The van der Waals surface area contributed by atoms with Gasteiger partial charge >= 0.3 is 5.69 Å². The van der Waals surface area contributed by atoms with E-state index in [0.29, 0.717) is 11.3 Å². The summed E-state index contributed by atoms with van der Waals surface area (Å²) in [5, 5.41) is 25.6. The molecule has 1 N–H and O–H groups in total. The van der Waals surface area contributed by atoms with E-state index < -0.39 is 15.5 Å². The number of benzene rings is 1. The molecule has 0 spiro atoms. The van der Waals surface area contributed by atoms with Crippen LogP contribution in [0.3, 0.4) is 0 Å². The molecule has 9 nitrogen and oxygen atoms in total. The quantitative estimate of drug-likeness (QED) is 0.513. The van der Waals surface area contributed by atoms with E-state index in [4.69, 9.17) is 4.42 Å². The maximum Gasteiger partial charge on any atom is 0.301 e. The minimum Gasteiger partial charge on any atom is -0.463 e. The second kappa shape index (κ2) is 5.82. The molecule has 0 fully saturated rings. The molecule has 0 atom stereocenters. The van der Waals surface area contributed by atoms with Crippen LogP contribution >= 0.6 is 0 Å². The van der Waals surface area contributed by atoms with Gasteiger partial charge in [-0.05, 0) is 25.1 Å². The summed E-state index contributed by atoms with van der Waals surface area (Å²) in [7, 11) is 0. The highest BCUT2D eigenvalue weighted by Crippen LogP contribution is 2.32. The van der Waals surface area contributed by atoms with E-state index in [1.54, 1.807) is 12.1 Å². The molecule has 2 rings (SSSR count). The van der Waals surface area contributed by atoms with E-state index >= 15 is 0 Å². The number of nitrogens with one attached hydrogen (secondary N) is 1. The highest BCUT2D eigenvalue weighted by atomic mass is 16.6. The number of nitro benzene ring substituents is 2. The molecule has 108 valence electrons. The molecule has 0 saturated carbocycles. The Labute approximate surface area is 118 Å². The van der Waals surface area contributed by atoms with Crippen molar-refractivity contribution in [1.82, 2.24) is 0 Å². The Balaban J connectivity index is 2.32. The number of nitrogens with zero attached hydrogens (tertiary/aromatic N) is 3. The zero-order valence-corrected chi connectivity index (χ0v) is 10.8. The maximum atomic E-state index is 11.0. The Morgan fingerprint density at radius 2 is 1.95 bits per heavy atom. The fourth-order valence-corrected chi connectivity index (χ4v) is 1.65. The number of hydrogen-bond acceptors (Lipinski definition) is 7. The molecule has 0 radical (unpaired) electrons. The van der Waals surface area contributed by atoms with Crippen LogP contribution in [-0.4, -0.2) is 16.1 Å². The monoisotopic (exact) mass is 290 g/mol. The molecule has 1 heterocycles. The largest absolute Gasteiger partial charge is 0.463 e. The zero-order chi connectivity index (χ0) is 15.4. The SMILES string of the molecule is Cc1cc(N/N=C/c2ccco2)c([N+](=O)[O-])cc1[N+](=O)[O-]. The van der Waals surface area contributed by atoms with Gasteiger partial charge in [0.25, 0.3) is 5.69 Å². The first-order valence-corrected chi connectivity index (χ1v) is 5.75. The van der Waals surface area contributed by atoms with Crippen LogP contribution in [0.15, 0.2) is 40.0 Å². The van der Waals surface area contributed by atoms with Crippen molar-refractivity contribution < 1.29 is 14.3 Å². The Morgan fingerprint density at radius 3 is 2.52 bits per heavy atom. The van der Waals surface area contributed by atoms with Crippen molar-refractivity contribution in [2.75, 3.05) is 5.43 Å². The number of hydrogen-bond donors (Lipinski definition) is 1. The number of furan rings is 1. The van der Waals surface area contributed by atoms with Crippen LogP contribution < -0.4 is 5.43 Å². The standard InChI is InChI=1S/C12H10N4O5/c1-8-5-10(14-13-7-9-3-2-4-21-9)12(16(19)20)6-11(8)15(17)18/h2-7,14H,1H3/b13-7+. The van der Waals surface area contributed by atoms with Crippen molar-refractivity contribution in [2.45, 2.75) is 6.92 Å². The van der Waals surface area contributed by atoms with E-state index in [2.05, 4.69) is 10.5 Å². The lowest BCUT2D eigenvalue weighted by Crippen LogP contribution is -2.00. The zero-order valence-electron chi connectivity index (χ0n) is 10.8. The van der Waals surface area contributed by atoms with Gasteiger partial charge in [0.2, 0.25) is 0 Å². The fraction of sp³-hybridized carbons (Fsp3) is 0.0833. The molecular weight excluding hydrogens is 280 g/mol. The fourth-order valence-electron chi connectivity index (χ4n) is 1.65. The highest BCUT2D eigenvalue weighted by Gasteiger charge is 2.22. The van der Waals surface area contributed by atoms with Crippen LogP contribution in [0.5, 0.6) is 0 Å². The molecule has 0 saturated heterocycles. The van der Waals surface area contributed by atoms with Gasteiger partial charge in [0.1, 0.15) is 11.4 Å². The maximum absolute atomic E-state index is 11.0. The van der Waals surface area contributed by atoms with Gasteiger partial charge in [-0.1, -0.05) is 0 Å². The van der Waals surface area contributed by atoms with Gasteiger partial charge in [-0.25, -0.2) is 0 Å². The molecule has 0 bridgehead atoms. The Morgan fingerprint density at radius 1 is 1.24 bits per heavy atom. The molecule has 0 aliphatic rings. The van der Waals surface area contributed by atoms with Crippen LogP contribution in [-0.2, 0) is 0 Å². The predicted molar refractivity (Wildman–Crippen MR) is 74.4 cm³/mol. The van der Waals surface area contributed by atoms with Crippen molar-refractivity contribution in [3.63, 3.8) is 0 Å². The van der Waals surface area contributed by atoms with Gasteiger partial charge in [0.05, 0.1) is 28.4 Å². The predicted octanol–water partition coefficient (Wildman–Crippen LogP) is 2.85. The summed E-state index contributed by atoms with van der Waals surface area (Å²) in [5.41, 5.74) is 2.09. The normalized spacial score (nSPS) is 10.7. The smallest absolute Gasteiger partial charge is 0.301 e. The molecule has 0 aliphatic heterocycles. The average Bonchev–Trinajstić information content (AvgIpc) is 2.91. The number of aryl methyl sites for hydroxylation is 1. The van der Waals surface area contributed by atoms with Gasteiger partial charge in [-0.2, -0.15) is 5.10 Å². The number of hydrazone groups is 1. The molecule has 2 aromatic rings. The first-order chi connectivity index (χ1) is 9.99. The molecule has 1 aromatic carbocycles. The molecular formula is C12H10N4O5. The van der Waals surface area contributed by atoms with Crippen molar-refractivity contribution >= 4 is 23.3 Å². The Bertz CT molecular complexity index is 709. The topological polar surface area (TPSA) is 124 Å². The summed E-state index contributed by atoms with van der Waals surface area (Å²) in [6.07, 6.45) is 2.79. The van der Waals surface area contributed by atoms with E-state index in [1.165, 1.54) is 25.5 Å². The van der Waals surface area contributed by atoms with Gasteiger partial charge in [-0.15, -0.1) is 0 Å². The van der Waals surface area contributed by atoms with Crippen molar-refractivity contribution in [3.8, 4) is 0 Å². The molecule has 21 heavy (non-hydrogen) atoms. The Kier molecular flexibility index (Phi) is 3.93. The second-order valence-electron chi connectivity index (χ2n) is 4.06. The lowest BCUT2D eigenvalue weighted by atomic mass is 10.1. The summed E-state index contributed by atoms with van der Waals surface area (Å²) < 4.78 is 5.01. The van der Waals surface area contributed by atoms with Crippen molar-refractivity contribution in [1.29, 1.82) is 0 Å². The summed E-state index contributed by atoms with van der Waals surface area (Å²) in [5.74, 6) is 0.462.